The number of phosphoric acid groups is 1. The molecule has 0 aliphatic rings. The highest BCUT2D eigenvalue weighted by atomic mass is 35.5. The minimum atomic E-state index is -4.28. The van der Waals surface area contributed by atoms with E-state index >= 15 is 0 Å². The lowest BCUT2D eigenvalue weighted by atomic mass is 10.2. The van der Waals surface area contributed by atoms with Crippen LogP contribution < -0.4 is 13.6 Å². The highest BCUT2D eigenvalue weighted by molar-refractivity contribution is 7.49. The fourth-order valence-electron chi connectivity index (χ4n) is 2.46. The SMILES string of the molecule is Cc1ccc(Cl)c(OP(=O)(Oc2cc(C)ccc2Cl)Oc2cc(C)ccc2Cl)c1. The summed E-state index contributed by atoms with van der Waals surface area (Å²) >= 11 is 18.6. The van der Waals surface area contributed by atoms with Gasteiger partial charge in [-0.1, -0.05) is 53.0 Å². The summed E-state index contributed by atoms with van der Waals surface area (Å²) in [6.07, 6.45) is 0. The Morgan fingerprint density at radius 3 is 1.14 bits per heavy atom. The number of hydrogen-bond acceptors (Lipinski definition) is 4. The van der Waals surface area contributed by atoms with Gasteiger partial charge < -0.3 is 13.6 Å². The van der Waals surface area contributed by atoms with Crippen molar-refractivity contribution < 1.29 is 18.1 Å². The minimum absolute atomic E-state index is 0.155. The Bertz CT molecular complexity index is 965. The third-order valence-electron chi connectivity index (χ3n) is 3.89. The third-order valence-corrected chi connectivity index (χ3v) is 6.09. The molecule has 4 nitrogen and oxygen atoms in total. The third kappa shape index (κ3) is 5.61. The maximum absolute atomic E-state index is 13.7. The Kier molecular flexibility index (Phi) is 6.70. The second kappa shape index (κ2) is 8.89. The summed E-state index contributed by atoms with van der Waals surface area (Å²) in [5.41, 5.74) is 2.58. The summed E-state index contributed by atoms with van der Waals surface area (Å²) in [6, 6.07) is 15.2. The molecule has 0 amide bonds. The van der Waals surface area contributed by atoms with Crippen LogP contribution in [0, 0.1) is 20.8 Å². The van der Waals surface area contributed by atoms with E-state index < -0.39 is 7.82 Å². The van der Waals surface area contributed by atoms with E-state index in [-0.39, 0.29) is 32.3 Å². The number of aryl methyl sites for hydroxylation is 3. The topological polar surface area (TPSA) is 44.8 Å². The van der Waals surface area contributed by atoms with Gasteiger partial charge in [0.1, 0.15) is 0 Å². The van der Waals surface area contributed by atoms with Crippen molar-refractivity contribution in [2.24, 2.45) is 0 Å². The first-order chi connectivity index (χ1) is 13.6. The molecule has 0 heterocycles. The van der Waals surface area contributed by atoms with Crippen molar-refractivity contribution >= 4 is 42.6 Å². The largest absolute Gasteiger partial charge is 0.647 e. The van der Waals surface area contributed by atoms with Crippen LogP contribution in [0.5, 0.6) is 17.2 Å². The predicted molar refractivity (Wildman–Crippen MR) is 118 cm³/mol. The predicted octanol–water partition coefficient (Wildman–Crippen LogP) is 8.22. The fraction of sp³-hybridized carbons (Fsp3) is 0.143. The number of halogens is 3. The molecule has 0 atom stereocenters. The molecule has 3 aromatic carbocycles. The summed E-state index contributed by atoms with van der Waals surface area (Å²) in [5.74, 6) is 0.465. The Labute approximate surface area is 184 Å². The molecule has 0 aromatic heterocycles. The van der Waals surface area contributed by atoms with E-state index in [1.165, 1.54) is 0 Å². The lowest BCUT2D eigenvalue weighted by molar-refractivity contribution is 0.298. The first kappa shape index (κ1) is 21.9. The van der Waals surface area contributed by atoms with Crippen LogP contribution >= 0.6 is 42.6 Å². The quantitative estimate of drug-likeness (QED) is 0.340. The Balaban J connectivity index is 2.04. The molecule has 0 spiro atoms. The molecule has 0 saturated carbocycles. The molecule has 0 unspecified atom stereocenters. The van der Waals surface area contributed by atoms with Gasteiger partial charge in [0.25, 0.3) is 0 Å². The molecule has 152 valence electrons. The van der Waals surface area contributed by atoms with Crippen molar-refractivity contribution in [2.45, 2.75) is 20.8 Å². The second-order valence-corrected chi connectivity index (χ2v) is 9.19. The molecule has 8 heteroatoms. The van der Waals surface area contributed by atoms with Crippen molar-refractivity contribution in [2.75, 3.05) is 0 Å². The molecular formula is C21H18Cl3O4P. The number of phosphoric ester groups is 1. The first-order valence-corrected chi connectivity index (χ1v) is 11.2. The normalized spacial score (nSPS) is 11.2. The van der Waals surface area contributed by atoms with E-state index in [0.717, 1.165) is 16.7 Å². The Morgan fingerprint density at radius 1 is 0.586 bits per heavy atom. The van der Waals surface area contributed by atoms with Crippen LogP contribution in [0.4, 0.5) is 0 Å². The first-order valence-electron chi connectivity index (χ1n) is 8.62. The van der Waals surface area contributed by atoms with Gasteiger partial charge in [0.05, 0.1) is 15.1 Å². The lowest BCUT2D eigenvalue weighted by Crippen LogP contribution is -2.08. The molecule has 0 aliphatic heterocycles. The van der Waals surface area contributed by atoms with Crippen molar-refractivity contribution in [1.82, 2.24) is 0 Å². The van der Waals surface area contributed by atoms with E-state index in [1.54, 1.807) is 54.6 Å². The van der Waals surface area contributed by atoms with Crippen LogP contribution in [0.15, 0.2) is 54.6 Å². The zero-order valence-corrected chi connectivity index (χ0v) is 19.1. The molecule has 3 aromatic rings. The van der Waals surface area contributed by atoms with Gasteiger partial charge in [-0.3, -0.25) is 0 Å². The average molecular weight is 472 g/mol. The lowest BCUT2D eigenvalue weighted by Gasteiger charge is -2.21. The summed E-state index contributed by atoms with van der Waals surface area (Å²) in [4.78, 5) is 0. The van der Waals surface area contributed by atoms with Gasteiger partial charge in [-0.05, 0) is 73.9 Å². The average Bonchev–Trinajstić information content (AvgIpc) is 2.64. The van der Waals surface area contributed by atoms with Gasteiger partial charge in [0.2, 0.25) is 0 Å². The second-order valence-electron chi connectivity index (χ2n) is 6.52. The van der Waals surface area contributed by atoms with E-state index in [2.05, 4.69) is 0 Å². The highest BCUT2D eigenvalue weighted by Gasteiger charge is 2.35. The molecule has 0 saturated heterocycles. The van der Waals surface area contributed by atoms with Gasteiger partial charge in [-0.25, -0.2) is 0 Å². The van der Waals surface area contributed by atoms with Gasteiger partial charge in [-0.2, -0.15) is 4.57 Å². The molecular weight excluding hydrogens is 454 g/mol. The van der Waals surface area contributed by atoms with Crippen LogP contribution in [-0.2, 0) is 4.57 Å². The number of rotatable bonds is 6. The maximum atomic E-state index is 13.7. The zero-order chi connectivity index (χ0) is 21.2. The van der Waals surface area contributed by atoms with Gasteiger partial charge in [0, 0.05) is 0 Å². The Morgan fingerprint density at radius 2 is 0.862 bits per heavy atom. The molecule has 0 bridgehead atoms. The summed E-state index contributed by atoms with van der Waals surface area (Å²) in [7, 11) is -4.28. The van der Waals surface area contributed by atoms with E-state index in [0.29, 0.717) is 0 Å². The van der Waals surface area contributed by atoms with Gasteiger partial charge in [0.15, 0.2) is 17.2 Å². The van der Waals surface area contributed by atoms with Crippen molar-refractivity contribution in [3.8, 4) is 17.2 Å². The molecule has 3 rings (SSSR count). The van der Waals surface area contributed by atoms with Crippen LogP contribution in [-0.4, -0.2) is 0 Å². The van der Waals surface area contributed by atoms with Crippen molar-refractivity contribution in [3.63, 3.8) is 0 Å². The summed E-state index contributed by atoms with van der Waals surface area (Å²) in [6.45, 7) is 5.56. The summed E-state index contributed by atoms with van der Waals surface area (Å²) < 4.78 is 30.7. The Hall–Kier alpha value is -1.84. The maximum Gasteiger partial charge on any atom is 0.647 e. The van der Waals surface area contributed by atoms with Crippen molar-refractivity contribution in [1.29, 1.82) is 0 Å². The van der Waals surface area contributed by atoms with Crippen LogP contribution in [0.3, 0.4) is 0 Å². The van der Waals surface area contributed by atoms with Crippen LogP contribution in [0.2, 0.25) is 15.1 Å². The van der Waals surface area contributed by atoms with Crippen LogP contribution in [0.1, 0.15) is 16.7 Å². The summed E-state index contributed by atoms with van der Waals surface area (Å²) in [5, 5.41) is 0.774. The zero-order valence-electron chi connectivity index (χ0n) is 15.9. The van der Waals surface area contributed by atoms with Crippen molar-refractivity contribution in [3.05, 3.63) is 86.4 Å². The van der Waals surface area contributed by atoms with E-state index in [9.17, 15) is 4.57 Å². The van der Waals surface area contributed by atoms with E-state index in [4.69, 9.17) is 48.4 Å². The molecule has 0 aliphatic carbocycles. The van der Waals surface area contributed by atoms with Gasteiger partial charge >= 0.3 is 7.82 Å². The highest BCUT2D eigenvalue weighted by Crippen LogP contribution is 2.53. The molecule has 29 heavy (non-hydrogen) atoms. The number of hydrogen-bond donors (Lipinski definition) is 0. The van der Waals surface area contributed by atoms with Gasteiger partial charge in [-0.15, -0.1) is 0 Å². The molecule has 0 fully saturated rings. The number of benzene rings is 3. The smallest absolute Gasteiger partial charge is 0.384 e. The van der Waals surface area contributed by atoms with E-state index in [1.807, 2.05) is 20.8 Å². The molecule has 0 N–H and O–H groups in total. The van der Waals surface area contributed by atoms with Crippen LogP contribution in [0.25, 0.3) is 0 Å². The monoisotopic (exact) mass is 470 g/mol. The minimum Gasteiger partial charge on any atom is -0.384 e. The molecule has 0 radical (unpaired) electrons. The standard InChI is InChI=1S/C21H18Cl3O4P/c1-13-4-7-16(22)19(10-13)26-29(25,27-20-11-14(2)5-8-17(20)23)28-21-12-15(3)6-9-18(21)24/h4-12H,1-3H3. The fourth-order valence-corrected chi connectivity index (χ4v) is 4.38.